The zero-order valence-electron chi connectivity index (χ0n) is 15.2. The van der Waals surface area contributed by atoms with Crippen molar-refractivity contribution < 1.29 is 9.59 Å². The highest BCUT2D eigenvalue weighted by molar-refractivity contribution is 6.05. The van der Waals surface area contributed by atoms with E-state index in [-0.39, 0.29) is 17.9 Å². The van der Waals surface area contributed by atoms with Crippen LogP contribution in [0.3, 0.4) is 0 Å². The first kappa shape index (κ1) is 18.7. The largest absolute Gasteiger partial charge is 0.349 e. The third-order valence-electron chi connectivity index (χ3n) is 4.90. The molecule has 2 N–H and O–H groups in total. The molecule has 5 nitrogen and oxygen atoms in total. The lowest BCUT2D eigenvalue weighted by atomic mass is 10.1. The molecule has 0 spiro atoms. The number of hydrogen-bond donors (Lipinski definition) is 2. The van der Waals surface area contributed by atoms with Crippen LogP contribution in [-0.4, -0.2) is 17.9 Å². The van der Waals surface area contributed by atoms with Crippen molar-refractivity contribution in [3.05, 3.63) is 65.2 Å². The Morgan fingerprint density at radius 3 is 2.07 bits per heavy atom. The molecule has 0 aromatic heterocycles. The number of carbonyl (C=O) groups excluding carboxylic acids is 2. The molecule has 0 aliphatic heterocycles. The van der Waals surface area contributed by atoms with Gasteiger partial charge in [0.05, 0.1) is 11.3 Å². The first-order chi connectivity index (χ1) is 13.2. The van der Waals surface area contributed by atoms with Crippen LogP contribution in [0.15, 0.2) is 48.5 Å². The van der Waals surface area contributed by atoms with Crippen molar-refractivity contribution in [1.82, 2.24) is 5.32 Å². The molecule has 0 atom stereocenters. The van der Waals surface area contributed by atoms with E-state index in [0.717, 1.165) is 25.7 Å². The van der Waals surface area contributed by atoms with Crippen molar-refractivity contribution in [3.8, 4) is 6.07 Å². The summed E-state index contributed by atoms with van der Waals surface area (Å²) >= 11 is 0. The summed E-state index contributed by atoms with van der Waals surface area (Å²) in [5, 5.41) is 14.9. The monoisotopic (exact) mass is 361 g/mol. The second-order valence-electron chi connectivity index (χ2n) is 6.85. The fraction of sp³-hybridized carbons (Fsp3) is 0.318. The van der Waals surface area contributed by atoms with E-state index in [0.29, 0.717) is 22.4 Å². The van der Waals surface area contributed by atoms with Gasteiger partial charge in [0.25, 0.3) is 11.8 Å². The summed E-state index contributed by atoms with van der Waals surface area (Å²) in [4.78, 5) is 24.8. The van der Waals surface area contributed by atoms with Crippen LogP contribution in [0, 0.1) is 11.3 Å². The molecule has 1 aliphatic carbocycles. The van der Waals surface area contributed by atoms with Crippen LogP contribution in [0.4, 0.5) is 5.69 Å². The summed E-state index contributed by atoms with van der Waals surface area (Å²) in [6, 6.07) is 15.7. The number of carbonyl (C=O) groups is 2. The second kappa shape index (κ2) is 9.00. The van der Waals surface area contributed by atoms with Crippen LogP contribution >= 0.6 is 0 Å². The first-order valence-electron chi connectivity index (χ1n) is 9.39. The number of para-hydroxylation sites is 1. The van der Waals surface area contributed by atoms with E-state index < -0.39 is 0 Å². The average molecular weight is 361 g/mol. The zero-order valence-corrected chi connectivity index (χ0v) is 15.2. The van der Waals surface area contributed by atoms with E-state index in [1.807, 2.05) is 0 Å². The van der Waals surface area contributed by atoms with Gasteiger partial charge in [-0.1, -0.05) is 37.8 Å². The maximum Gasteiger partial charge on any atom is 0.255 e. The van der Waals surface area contributed by atoms with Gasteiger partial charge in [0.1, 0.15) is 6.07 Å². The van der Waals surface area contributed by atoms with Gasteiger partial charge in [-0.3, -0.25) is 9.59 Å². The maximum atomic E-state index is 12.4. The number of benzene rings is 2. The Balaban J connectivity index is 1.63. The Labute approximate surface area is 159 Å². The van der Waals surface area contributed by atoms with Crippen molar-refractivity contribution >= 4 is 17.5 Å². The second-order valence-corrected chi connectivity index (χ2v) is 6.85. The number of anilines is 1. The van der Waals surface area contributed by atoms with Gasteiger partial charge < -0.3 is 10.6 Å². The Hall–Kier alpha value is -3.13. The van der Waals surface area contributed by atoms with E-state index in [2.05, 4.69) is 16.7 Å². The number of hydrogen-bond acceptors (Lipinski definition) is 3. The zero-order chi connectivity index (χ0) is 19.1. The third kappa shape index (κ3) is 4.95. The molecular weight excluding hydrogens is 338 g/mol. The molecule has 0 bridgehead atoms. The molecule has 2 aromatic carbocycles. The summed E-state index contributed by atoms with van der Waals surface area (Å²) in [5.41, 5.74) is 1.87. The lowest BCUT2D eigenvalue weighted by molar-refractivity contribution is 0.0932. The van der Waals surface area contributed by atoms with Gasteiger partial charge in [-0.25, -0.2) is 0 Å². The molecule has 27 heavy (non-hydrogen) atoms. The average Bonchev–Trinajstić information content (AvgIpc) is 2.97. The Morgan fingerprint density at radius 2 is 1.44 bits per heavy atom. The van der Waals surface area contributed by atoms with E-state index in [1.165, 1.54) is 12.8 Å². The number of nitrogens with one attached hydrogen (secondary N) is 2. The highest BCUT2D eigenvalue weighted by Gasteiger charge is 2.16. The molecule has 2 amide bonds. The quantitative estimate of drug-likeness (QED) is 0.798. The van der Waals surface area contributed by atoms with E-state index >= 15 is 0 Å². The maximum absolute atomic E-state index is 12.4. The predicted octanol–water partition coefficient (Wildman–Crippen LogP) is 4.26. The van der Waals surface area contributed by atoms with Crippen LogP contribution in [0.25, 0.3) is 0 Å². The van der Waals surface area contributed by atoms with Crippen molar-refractivity contribution in [2.45, 2.75) is 44.6 Å². The minimum Gasteiger partial charge on any atom is -0.349 e. The molecule has 5 heteroatoms. The van der Waals surface area contributed by atoms with Crippen LogP contribution in [0.1, 0.15) is 64.8 Å². The summed E-state index contributed by atoms with van der Waals surface area (Å²) in [6.07, 6.45) is 6.87. The molecule has 1 saturated carbocycles. The smallest absolute Gasteiger partial charge is 0.255 e. The first-order valence-corrected chi connectivity index (χ1v) is 9.39. The molecule has 0 unspecified atom stereocenters. The van der Waals surface area contributed by atoms with Gasteiger partial charge in [0, 0.05) is 17.2 Å². The number of nitrogens with zero attached hydrogens (tertiary/aromatic N) is 1. The standard InChI is InChI=1S/C22H23N3O2/c23-15-18-7-5-6-10-20(18)25-22(27)17-13-11-16(12-14-17)21(26)24-19-8-3-1-2-4-9-19/h5-7,10-14,19H,1-4,8-9H2,(H,24,26)(H,25,27). The molecule has 0 heterocycles. The van der Waals surface area contributed by atoms with Gasteiger partial charge >= 0.3 is 0 Å². The molecule has 0 radical (unpaired) electrons. The number of nitriles is 1. The number of rotatable bonds is 4. The molecule has 1 aliphatic rings. The number of amides is 2. The Bertz CT molecular complexity index is 845. The van der Waals surface area contributed by atoms with Crippen LogP contribution in [0.2, 0.25) is 0 Å². The van der Waals surface area contributed by atoms with Crippen molar-refractivity contribution in [3.63, 3.8) is 0 Å². The van der Waals surface area contributed by atoms with Gasteiger partial charge in [-0.2, -0.15) is 5.26 Å². The van der Waals surface area contributed by atoms with Gasteiger partial charge in [-0.05, 0) is 49.2 Å². The fourth-order valence-corrected chi connectivity index (χ4v) is 3.35. The van der Waals surface area contributed by atoms with Crippen molar-refractivity contribution in [1.29, 1.82) is 5.26 Å². The van der Waals surface area contributed by atoms with Gasteiger partial charge in [-0.15, -0.1) is 0 Å². The van der Waals surface area contributed by atoms with Crippen LogP contribution in [-0.2, 0) is 0 Å². The molecule has 2 aromatic rings. The Morgan fingerprint density at radius 1 is 0.852 bits per heavy atom. The summed E-state index contributed by atoms with van der Waals surface area (Å²) < 4.78 is 0. The SMILES string of the molecule is N#Cc1ccccc1NC(=O)c1ccc(C(=O)NC2CCCCCC2)cc1. The molecule has 0 saturated heterocycles. The minimum absolute atomic E-state index is 0.0938. The lowest BCUT2D eigenvalue weighted by Gasteiger charge is -2.16. The van der Waals surface area contributed by atoms with Crippen LogP contribution in [0.5, 0.6) is 0 Å². The van der Waals surface area contributed by atoms with Crippen molar-refractivity contribution in [2.75, 3.05) is 5.32 Å². The Kier molecular flexibility index (Phi) is 6.22. The highest BCUT2D eigenvalue weighted by atomic mass is 16.2. The predicted molar refractivity (Wildman–Crippen MR) is 105 cm³/mol. The van der Waals surface area contributed by atoms with E-state index in [9.17, 15) is 9.59 Å². The summed E-state index contributed by atoms with van der Waals surface area (Å²) in [6.45, 7) is 0. The normalized spacial score (nSPS) is 14.6. The van der Waals surface area contributed by atoms with E-state index in [1.54, 1.807) is 48.5 Å². The molecule has 1 fully saturated rings. The van der Waals surface area contributed by atoms with Crippen LogP contribution < -0.4 is 10.6 Å². The van der Waals surface area contributed by atoms with Gasteiger partial charge in [0.2, 0.25) is 0 Å². The fourth-order valence-electron chi connectivity index (χ4n) is 3.35. The van der Waals surface area contributed by atoms with Gasteiger partial charge in [0.15, 0.2) is 0 Å². The third-order valence-corrected chi connectivity index (χ3v) is 4.90. The summed E-state index contributed by atoms with van der Waals surface area (Å²) in [5.74, 6) is -0.405. The molecular formula is C22H23N3O2. The topological polar surface area (TPSA) is 82.0 Å². The molecule has 138 valence electrons. The molecule has 3 rings (SSSR count). The summed E-state index contributed by atoms with van der Waals surface area (Å²) in [7, 11) is 0. The lowest BCUT2D eigenvalue weighted by Crippen LogP contribution is -2.34. The minimum atomic E-state index is -0.312. The van der Waals surface area contributed by atoms with E-state index in [4.69, 9.17) is 5.26 Å². The highest BCUT2D eigenvalue weighted by Crippen LogP contribution is 2.18. The van der Waals surface area contributed by atoms with Crippen molar-refractivity contribution in [2.24, 2.45) is 0 Å².